The van der Waals surface area contributed by atoms with E-state index in [-0.39, 0.29) is 12.8 Å². The molecule has 0 radical (unpaired) electrons. The zero-order chi connectivity index (χ0) is 10.6. The van der Waals surface area contributed by atoms with E-state index in [0.717, 1.165) is 0 Å². The maximum atomic E-state index is 10.8. The highest BCUT2D eigenvalue weighted by molar-refractivity contribution is 7.52. The minimum atomic E-state index is -4.21. The number of nitrogens with two attached hydrogens (primary N) is 1. The molecule has 6 nitrogen and oxygen atoms in total. The molecule has 0 rings (SSSR count). The smallest absolute Gasteiger partial charge is 0.328 e. The lowest BCUT2D eigenvalue weighted by Gasteiger charge is -2.18. The second kappa shape index (κ2) is 4.72. The second-order valence-electron chi connectivity index (χ2n) is 2.83. The van der Waals surface area contributed by atoms with Gasteiger partial charge in [-0.1, -0.05) is 6.92 Å². The Morgan fingerprint density at radius 3 is 2.23 bits per heavy atom. The Morgan fingerprint density at radius 2 is 2.00 bits per heavy atom. The highest BCUT2D eigenvalue weighted by Gasteiger charge is 2.30. The first kappa shape index (κ1) is 12.6. The van der Waals surface area contributed by atoms with Crippen molar-refractivity contribution in [3.05, 3.63) is 0 Å². The third-order valence-corrected chi connectivity index (χ3v) is 3.32. The SMILES string of the molecule is CCC(C[C@H](N)C(=O)O)P(=O)(O)O. The predicted molar refractivity (Wildman–Crippen MR) is 46.4 cm³/mol. The van der Waals surface area contributed by atoms with E-state index in [1.54, 1.807) is 6.92 Å². The lowest BCUT2D eigenvalue weighted by Crippen LogP contribution is -2.33. The maximum absolute atomic E-state index is 10.8. The first-order chi connectivity index (χ1) is 5.79. The standard InChI is InChI=1S/C6H14NO5P/c1-2-4(13(10,11)12)3-5(7)6(8)9/h4-5H,2-3,7H2,1H3,(H,8,9)(H2,10,11,12)/t4?,5-/m0/s1. The largest absolute Gasteiger partial charge is 0.480 e. The lowest BCUT2D eigenvalue weighted by molar-refractivity contribution is -0.138. The van der Waals surface area contributed by atoms with E-state index in [2.05, 4.69) is 0 Å². The Labute approximate surface area is 75.9 Å². The molecule has 0 aliphatic carbocycles. The highest BCUT2D eigenvalue weighted by Crippen LogP contribution is 2.44. The van der Waals surface area contributed by atoms with Crippen molar-refractivity contribution in [3.63, 3.8) is 0 Å². The Bertz CT molecular complexity index is 225. The topological polar surface area (TPSA) is 121 Å². The summed E-state index contributed by atoms with van der Waals surface area (Å²) < 4.78 is 10.8. The van der Waals surface area contributed by atoms with Gasteiger partial charge in [-0.05, 0) is 12.8 Å². The van der Waals surface area contributed by atoms with E-state index in [1.807, 2.05) is 0 Å². The molecule has 0 saturated heterocycles. The molecule has 0 aliphatic heterocycles. The van der Waals surface area contributed by atoms with Crippen LogP contribution < -0.4 is 5.73 Å². The van der Waals surface area contributed by atoms with Gasteiger partial charge < -0.3 is 20.6 Å². The molecule has 78 valence electrons. The van der Waals surface area contributed by atoms with Crippen molar-refractivity contribution in [3.8, 4) is 0 Å². The van der Waals surface area contributed by atoms with Gasteiger partial charge in [0.15, 0.2) is 0 Å². The molecule has 0 aliphatic rings. The van der Waals surface area contributed by atoms with Crippen LogP contribution in [0.15, 0.2) is 0 Å². The van der Waals surface area contributed by atoms with Crippen LogP contribution in [0.4, 0.5) is 0 Å². The van der Waals surface area contributed by atoms with Crippen LogP contribution in [0.2, 0.25) is 0 Å². The first-order valence-electron chi connectivity index (χ1n) is 3.82. The number of hydrogen-bond acceptors (Lipinski definition) is 3. The fraction of sp³-hybridized carbons (Fsp3) is 0.833. The monoisotopic (exact) mass is 211 g/mol. The Kier molecular flexibility index (Phi) is 4.56. The van der Waals surface area contributed by atoms with Gasteiger partial charge in [-0.15, -0.1) is 0 Å². The van der Waals surface area contributed by atoms with Gasteiger partial charge in [0.2, 0.25) is 0 Å². The van der Waals surface area contributed by atoms with Crippen LogP contribution in [0.3, 0.4) is 0 Å². The number of rotatable bonds is 5. The van der Waals surface area contributed by atoms with E-state index in [0.29, 0.717) is 0 Å². The van der Waals surface area contributed by atoms with Crippen LogP contribution in [0.25, 0.3) is 0 Å². The maximum Gasteiger partial charge on any atom is 0.328 e. The molecule has 0 aromatic carbocycles. The van der Waals surface area contributed by atoms with Crippen LogP contribution in [-0.2, 0) is 9.36 Å². The van der Waals surface area contributed by atoms with Gasteiger partial charge in [0.1, 0.15) is 6.04 Å². The van der Waals surface area contributed by atoms with Crippen molar-refractivity contribution < 1.29 is 24.3 Å². The summed E-state index contributed by atoms with van der Waals surface area (Å²) >= 11 is 0. The summed E-state index contributed by atoms with van der Waals surface area (Å²) in [5.74, 6) is -1.24. The van der Waals surface area contributed by atoms with Crippen molar-refractivity contribution in [1.82, 2.24) is 0 Å². The zero-order valence-corrected chi connectivity index (χ0v) is 8.15. The summed E-state index contributed by atoms with van der Waals surface area (Å²) in [5, 5.41) is 8.41. The number of carboxylic acid groups (broad SMARTS) is 1. The number of hydrogen-bond donors (Lipinski definition) is 4. The Balaban J connectivity index is 4.31. The summed E-state index contributed by atoms with van der Waals surface area (Å²) in [6, 6.07) is -1.21. The summed E-state index contributed by atoms with van der Waals surface area (Å²) in [5.41, 5.74) is 4.19. The molecular formula is C6H14NO5P. The molecular weight excluding hydrogens is 197 g/mol. The summed E-state index contributed by atoms with van der Waals surface area (Å²) in [7, 11) is -4.21. The normalized spacial score (nSPS) is 16.6. The summed E-state index contributed by atoms with van der Waals surface area (Å²) in [4.78, 5) is 27.8. The molecule has 5 N–H and O–H groups in total. The molecule has 0 aromatic rings. The van der Waals surface area contributed by atoms with Crippen LogP contribution in [0, 0.1) is 0 Å². The van der Waals surface area contributed by atoms with Crippen LogP contribution >= 0.6 is 7.60 Å². The van der Waals surface area contributed by atoms with Crippen molar-refractivity contribution in [1.29, 1.82) is 0 Å². The van der Waals surface area contributed by atoms with Crippen LogP contribution in [0.1, 0.15) is 19.8 Å². The van der Waals surface area contributed by atoms with Gasteiger partial charge in [0.05, 0.1) is 5.66 Å². The fourth-order valence-electron chi connectivity index (χ4n) is 0.936. The van der Waals surface area contributed by atoms with Crippen molar-refractivity contribution in [2.24, 2.45) is 5.73 Å². The van der Waals surface area contributed by atoms with Gasteiger partial charge in [-0.25, -0.2) is 0 Å². The molecule has 7 heteroatoms. The number of carboxylic acids is 1. The van der Waals surface area contributed by atoms with Crippen molar-refractivity contribution >= 4 is 13.6 Å². The average molecular weight is 211 g/mol. The summed E-state index contributed by atoms with van der Waals surface area (Å²) in [6.45, 7) is 1.58. The molecule has 0 heterocycles. The second-order valence-corrected chi connectivity index (χ2v) is 4.74. The predicted octanol–water partition coefficient (Wildman–Crippen LogP) is -0.255. The molecule has 0 aromatic heterocycles. The minimum absolute atomic E-state index is 0.198. The first-order valence-corrected chi connectivity index (χ1v) is 5.50. The van der Waals surface area contributed by atoms with Gasteiger partial charge in [0, 0.05) is 0 Å². The molecule has 13 heavy (non-hydrogen) atoms. The van der Waals surface area contributed by atoms with Crippen molar-refractivity contribution in [2.45, 2.75) is 31.5 Å². The highest BCUT2D eigenvalue weighted by atomic mass is 31.2. The summed E-state index contributed by atoms with van der Waals surface area (Å²) in [6.07, 6.45) is 0.0152. The molecule has 0 bridgehead atoms. The third kappa shape index (κ3) is 4.38. The molecule has 0 spiro atoms. The average Bonchev–Trinajstić information content (AvgIpc) is 1.96. The van der Waals surface area contributed by atoms with Crippen LogP contribution in [-0.4, -0.2) is 32.6 Å². The van der Waals surface area contributed by atoms with E-state index in [9.17, 15) is 9.36 Å². The molecule has 2 atom stereocenters. The van der Waals surface area contributed by atoms with Crippen molar-refractivity contribution in [2.75, 3.05) is 0 Å². The van der Waals surface area contributed by atoms with Gasteiger partial charge in [-0.3, -0.25) is 9.36 Å². The quantitative estimate of drug-likeness (QED) is 0.465. The van der Waals surface area contributed by atoms with E-state index in [4.69, 9.17) is 20.6 Å². The van der Waals surface area contributed by atoms with Gasteiger partial charge in [0.25, 0.3) is 0 Å². The number of carbonyl (C=O) groups is 1. The molecule has 0 amide bonds. The molecule has 0 saturated carbocycles. The van der Waals surface area contributed by atoms with E-state index < -0.39 is 25.3 Å². The fourth-order valence-corrected chi connectivity index (χ4v) is 1.91. The van der Waals surface area contributed by atoms with Gasteiger partial charge >= 0.3 is 13.6 Å². The van der Waals surface area contributed by atoms with E-state index >= 15 is 0 Å². The minimum Gasteiger partial charge on any atom is -0.480 e. The van der Waals surface area contributed by atoms with Crippen LogP contribution in [0.5, 0.6) is 0 Å². The number of aliphatic carboxylic acids is 1. The third-order valence-electron chi connectivity index (χ3n) is 1.79. The van der Waals surface area contributed by atoms with Gasteiger partial charge in [-0.2, -0.15) is 0 Å². The van der Waals surface area contributed by atoms with E-state index in [1.165, 1.54) is 0 Å². The lowest BCUT2D eigenvalue weighted by atomic mass is 10.1. The molecule has 1 unspecified atom stereocenters. The molecule has 0 fully saturated rings. The zero-order valence-electron chi connectivity index (χ0n) is 7.25. The Hall–Kier alpha value is -0.420. The Morgan fingerprint density at radius 1 is 1.54 bits per heavy atom.